The van der Waals surface area contributed by atoms with Gasteiger partial charge in [-0.15, -0.1) is 0 Å². The van der Waals surface area contributed by atoms with E-state index in [1.54, 1.807) is 6.92 Å². The van der Waals surface area contributed by atoms with Gasteiger partial charge in [-0.3, -0.25) is 9.80 Å². The normalized spacial score (nSPS) is 11.3. The van der Waals surface area contributed by atoms with Crippen LogP contribution in [-0.4, -0.2) is 41.4 Å². The second-order valence-electron chi connectivity index (χ2n) is 3.68. The Labute approximate surface area is 99.1 Å². The van der Waals surface area contributed by atoms with Crippen LogP contribution in [0.1, 0.15) is 27.2 Å². The Bertz CT molecular complexity index is 303. The highest BCUT2D eigenvalue weighted by Gasteiger charge is 2.32. The molecule has 8 nitrogen and oxygen atoms in total. The van der Waals surface area contributed by atoms with Crippen LogP contribution < -0.4 is 0 Å². The first-order valence-electron chi connectivity index (χ1n) is 4.98. The molecular weight excluding hydrogens is 230 g/mol. The molecule has 0 amide bonds. The first-order chi connectivity index (χ1) is 7.82. The van der Waals surface area contributed by atoms with Crippen LogP contribution in [0.15, 0.2) is 10.5 Å². The molecule has 0 saturated carbocycles. The fourth-order valence-electron chi connectivity index (χ4n) is 0.549. The minimum absolute atomic E-state index is 0.243. The van der Waals surface area contributed by atoms with Crippen molar-refractivity contribution in [3.63, 3.8) is 0 Å². The van der Waals surface area contributed by atoms with Crippen LogP contribution in [0.4, 0.5) is 0 Å². The van der Waals surface area contributed by atoms with E-state index < -0.39 is 17.5 Å². The third-order valence-corrected chi connectivity index (χ3v) is 2.12. The van der Waals surface area contributed by atoms with E-state index in [2.05, 4.69) is 20.1 Å². The number of carboxylic acids is 1. The number of hydrogen-bond donors (Lipinski definition) is 1. The highest BCUT2D eigenvalue weighted by Crippen LogP contribution is 2.12. The summed E-state index contributed by atoms with van der Waals surface area (Å²) in [6.45, 7) is 4.22. The smallest absolute Gasteiger partial charge is 0.330 e. The van der Waals surface area contributed by atoms with Gasteiger partial charge in [-0.05, 0) is 19.1 Å². The summed E-state index contributed by atoms with van der Waals surface area (Å²) in [5, 5.41) is 16.7. The van der Waals surface area contributed by atoms with Gasteiger partial charge in [0.25, 0.3) is 6.79 Å². The highest BCUT2D eigenvalue weighted by molar-refractivity contribution is 5.77. The van der Waals surface area contributed by atoms with E-state index in [1.165, 1.54) is 20.9 Å². The van der Waals surface area contributed by atoms with Gasteiger partial charge in [0, 0.05) is 18.7 Å². The van der Waals surface area contributed by atoms with E-state index in [0.29, 0.717) is 0 Å². The Hall–Kier alpha value is -1.86. The summed E-state index contributed by atoms with van der Waals surface area (Å²) in [4.78, 5) is 26.1. The molecular formula is C9H17N3O5. The predicted octanol–water partition coefficient (Wildman–Crippen LogP) is 0.991. The van der Waals surface area contributed by atoms with Gasteiger partial charge < -0.3 is 14.7 Å². The minimum atomic E-state index is -1.20. The van der Waals surface area contributed by atoms with Gasteiger partial charge in [0.2, 0.25) is 0 Å². The van der Waals surface area contributed by atoms with Crippen molar-refractivity contribution in [1.29, 1.82) is 0 Å². The maximum atomic E-state index is 10.8. The van der Waals surface area contributed by atoms with Crippen LogP contribution in [0.2, 0.25) is 0 Å². The molecule has 0 aromatic heterocycles. The maximum absolute atomic E-state index is 10.8. The van der Waals surface area contributed by atoms with Crippen LogP contribution >= 0.6 is 0 Å². The SMILES string of the molecule is CCC(=O)OCO/N=N\N(C)C(C)(C)C(=O)O. The molecule has 0 bridgehead atoms. The second-order valence-corrected chi connectivity index (χ2v) is 3.68. The molecule has 0 aromatic rings. The Kier molecular flexibility index (Phi) is 5.94. The summed E-state index contributed by atoms with van der Waals surface area (Å²) in [7, 11) is 1.44. The summed E-state index contributed by atoms with van der Waals surface area (Å²) in [6.07, 6.45) is 0.243. The fourth-order valence-corrected chi connectivity index (χ4v) is 0.549. The number of hydrogen-bond acceptors (Lipinski definition) is 6. The molecule has 0 fully saturated rings. The first kappa shape index (κ1) is 15.1. The predicted molar refractivity (Wildman–Crippen MR) is 56.7 cm³/mol. The average molecular weight is 247 g/mol. The van der Waals surface area contributed by atoms with Gasteiger partial charge in [0.1, 0.15) is 0 Å². The molecule has 0 aliphatic heterocycles. The lowest BCUT2D eigenvalue weighted by atomic mass is 10.1. The van der Waals surface area contributed by atoms with Crippen molar-refractivity contribution < 1.29 is 24.3 Å². The molecule has 1 N–H and O–H groups in total. The summed E-state index contributed by atoms with van der Waals surface area (Å²) >= 11 is 0. The van der Waals surface area contributed by atoms with Crippen molar-refractivity contribution in [3.05, 3.63) is 0 Å². The molecule has 0 atom stereocenters. The second kappa shape index (κ2) is 6.66. The number of nitrogens with zero attached hydrogens (tertiary/aromatic N) is 3. The standard InChI is InChI=1S/C9H17N3O5/c1-5-7(13)16-6-17-11-10-12(4)9(2,3)8(14)15/h5-6H2,1-4H3,(H,14,15)/b11-10-. The zero-order valence-corrected chi connectivity index (χ0v) is 10.3. The number of rotatable bonds is 7. The lowest BCUT2D eigenvalue weighted by Gasteiger charge is -2.26. The summed E-state index contributed by atoms with van der Waals surface area (Å²) < 4.78 is 4.56. The van der Waals surface area contributed by atoms with Gasteiger partial charge in [-0.2, -0.15) is 0 Å². The van der Waals surface area contributed by atoms with E-state index in [4.69, 9.17) is 5.11 Å². The number of aliphatic carboxylic acids is 1. The summed E-state index contributed by atoms with van der Waals surface area (Å²) in [5.74, 6) is -1.46. The van der Waals surface area contributed by atoms with Crippen molar-refractivity contribution in [2.45, 2.75) is 32.7 Å². The number of carbonyl (C=O) groups excluding carboxylic acids is 1. The Morgan fingerprint density at radius 1 is 1.41 bits per heavy atom. The number of carboxylic acid groups (broad SMARTS) is 1. The van der Waals surface area contributed by atoms with E-state index in [9.17, 15) is 9.59 Å². The van der Waals surface area contributed by atoms with Gasteiger partial charge >= 0.3 is 11.9 Å². The van der Waals surface area contributed by atoms with E-state index in [0.717, 1.165) is 5.01 Å². The quantitative estimate of drug-likeness (QED) is 0.237. The number of carbonyl (C=O) groups is 2. The largest absolute Gasteiger partial charge is 0.479 e. The highest BCUT2D eigenvalue weighted by atomic mass is 16.8. The Balaban J connectivity index is 4.01. The Morgan fingerprint density at radius 2 is 2.00 bits per heavy atom. The molecule has 17 heavy (non-hydrogen) atoms. The summed E-state index contributed by atoms with van der Waals surface area (Å²) in [6, 6.07) is 0. The molecule has 8 heteroatoms. The molecule has 0 rings (SSSR count). The Morgan fingerprint density at radius 3 is 2.47 bits per heavy atom. The maximum Gasteiger partial charge on any atom is 0.330 e. The van der Waals surface area contributed by atoms with Crippen molar-refractivity contribution >= 4 is 11.9 Å². The van der Waals surface area contributed by atoms with Gasteiger partial charge in [0.05, 0.1) is 0 Å². The molecule has 98 valence electrons. The van der Waals surface area contributed by atoms with Gasteiger partial charge in [0.15, 0.2) is 5.54 Å². The molecule has 0 spiro atoms. The van der Waals surface area contributed by atoms with Crippen LogP contribution in [0.3, 0.4) is 0 Å². The lowest BCUT2D eigenvalue weighted by molar-refractivity contribution is -0.157. The monoisotopic (exact) mass is 247 g/mol. The molecule has 0 heterocycles. The molecule has 0 aromatic carbocycles. The lowest BCUT2D eigenvalue weighted by Crippen LogP contribution is -2.44. The average Bonchev–Trinajstić information content (AvgIpc) is 2.27. The molecule has 0 radical (unpaired) electrons. The van der Waals surface area contributed by atoms with Gasteiger partial charge in [-0.25, -0.2) is 4.79 Å². The van der Waals surface area contributed by atoms with Crippen LogP contribution in [0.5, 0.6) is 0 Å². The van der Waals surface area contributed by atoms with Crippen molar-refractivity contribution in [1.82, 2.24) is 5.01 Å². The topological polar surface area (TPSA) is 101 Å². The zero-order chi connectivity index (χ0) is 13.5. The summed E-state index contributed by atoms with van der Waals surface area (Å²) in [5.41, 5.74) is -1.20. The molecule has 0 aliphatic carbocycles. The first-order valence-corrected chi connectivity index (χ1v) is 4.98. The minimum Gasteiger partial charge on any atom is -0.479 e. The van der Waals surface area contributed by atoms with Crippen molar-refractivity contribution in [2.75, 3.05) is 13.8 Å². The number of likely N-dealkylation sites (N-methyl/N-ethyl adjacent to an activating group) is 1. The molecule has 0 saturated heterocycles. The van der Waals surface area contributed by atoms with Crippen LogP contribution in [0.25, 0.3) is 0 Å². The zero-order valence-electron chi connectivity index (χ0n) is 10.3. The van der Waals surface area contributed by atoms with Gasteiger partial charge in [-0.1, -0.05) is 6.92 Å². The van der Waals surface area contributed by atoms with E-state index >= 15 is 0 Å². The van der Waals surface area contributed by atoms with Crippen molar-refractivity contribution in [3.8, 4) is 0 Å². The van der Waals surface area contributed by atoms with E-state index in [-0.39, 0.29) is 13.2 Å². The number of esters is 1. The third-order valence-electron chi connectivity index (χ3n) is 2.12. The third kappa shape index (κ3) is 5.14. The fraction of sp³-hybridized carbons (Fsp3) is 0.778. The van der Waals surface area contributed by atoms with E-state index in [1.807, 2.05) is 0 Å². The van der Waals surface area contributed by atoms with Crippen LogP contribution in [-0.2, 0) is 19.2 Å². The van der Waals surface area contributed by atoms with Crippen LogP contribution in [0, 0.1) is 0 Å². The van der Waals surface area contributed by atoms with Crippen molar-refractivity contribution in [2.24, 2.45) is 10.5 Å². The molecule has 0 aliphatic rings. The number of ether oxygens (including phenoxy) is 1. The molecule has 0 unspecified atom stereocenters.